The smallest absolute Gasteiger partial charge is 0.0541 e. The van der Waals surface area contributed by atoms with Crippen molar-refractivity contribution in [3.05, 3.63) is 59.7 Å². The summed E-state index contributed by atoms with van der Waals surface area (Å²) in [5, 5.41) is 3.31. The van der Waals surface area contributed by atoms with Gasteiger partial charge in [0.25, 0.3) is 0 Å². The normalized spacial score (nSPS) is 10.3. The van der Waals surface area contributed by atoms with Gasteiger partial charge in [0, 0.05) is 25.5 Å². The van der Waals surface area contributed by atoms with Crippen molar-refractivity contribution < 1.29 is 0 Å². The number of hydrogen-bond acceptors (Lipinski definition) is 3. The summed E-state index contributed by atoms with van der Waals surface area (Å²) in [6.45, 7) is 3.59. The predicted octanol–water partition coefficient (Wildman–Crippen LogP) is 2.07. The lowest BCUT2D eigenvalue weighted by atomic mass is 10.2. The van der Waals surface area contributed by atoms with Gasteiger partial charge in [0.15, 0.2) is 0 Å². The summed E-state index contributed by atoms with van der Waals surface area (Å²) in [7, 11) is 0. The topological polar surface area (TPSA) is 37.8 Å². The molecule has 0 spiro atoms. The van der Waals surface area contributed by atoms with Crippen LogP contribution in [0, 0.1) is 6.92 Å². The van der Waals surface area contributed by atoms with Crippen molar-refractivity contribution in [1.29, 1.82) is 0 Å². The van der Waals surface area contributed by atoms with E-state index in [-0.39, 0.29) is 0 Å². The van der Waals surface area contributed by atoms with E-state index in [1.165, 1.54) is 5.56 Å². The van der Waals surface area contributed by atoms with Gasteiger partial charge in [0.1, 0.15) is 0 Å². The number of nitrogens with zero attached hydrogens (tertiary/aromatic N) is 2. The summed E-state index contributed by atoms with van der Waals surface area (Å²) >= 11 is 0. The number of pyridine rings is 2. The van der Waals surface area contributed by atoms with Gasteiger partial charge < -0.3 is 5.32 Å². The van der Waals surface area contributed by atoms with Gasteiger partial charge in [-0.05, 0) is 30.7 Å². The van der Waals surface area contributed by atoms with Crippen molar-refractivity contribution in [2.75, 3.05) is 0 Å². The van der Waals surface area contributed by atoms with E-state index in [4.69, 9.17) is 0 Å². The SMILES string of the molecule is Cc1ccc(CNCc2ccccn2)nc1. The van der Waals surface area contributed by atoms with E-state index in [1.54, 1.807) is 6.20 Å². The standard InChI is InChI=1S/C13H15N3/c1-11-5-6-13(16-8-11)10-14-9-12-4-2-3-7-15-12/h2-8,14H,9-10H2,1H3. The molecule has 0 radical (unpaired) electrons. The molecule has 2 rings (SSSR count). The number of aromatic nitrogens is 2. The van der Waals surface area contributed by atoms with Crippen LogP contribution in [-0.2, 0) is 13.1 Å². The molecule has 2 aromatic rings. The molecule has 0 amide bonds. The van der Waals surface area contributed by atoms with Crippen LogP contribution in [0.2, 0.25) is 0 Å². The molecule has 0 aliphatic heterocycles. The molecule has 0 aliphatic carbocycles. The Morgan fingerprint density at radius 2 is 1.81 bits per heavy atom. The summed E-state index contributed by atoms with van der Waals surface area (Å²) in [5.74, 6) is 0. The summed E-state index contributed by atoms with van der Waals surface area (Å²) in [4.78, 5) is 8.57. The van der Waals surface area contributed by atoms with Crippen LogP contribution in [-0.4, -0.2) is 9.97 Å². The lowest BCUT2D eigenvalue weighted by Gasteiger charge is -2.03. The third kappa shape index (κ3) is 3.14. The molecular formula is C13H15N3. The minimum Gasteiger partial charge on any atom is -0.306 e. The molecule has 0 unspecified atom stereocenters. The Labute approximate surface area is 95.6 Å². The van der Waals surface area contributed by atoms with Crippen LogP contribution < -0.4 is 5.32 Å². The number of aryl methyl sites for hydroxylation is 1. The van der Waals surface area contributed by atoms with Gasteiger partial charge >= 0.3 is 0 Å². The van der Waals surface area contributed by atoms with Crippen LogP contribution >= 0.6 is 0 Å². The zero-order valence-electron chi connectivity index (χ0n) is 9.35. The highest BCUT2D eigenvalue weighted by atomic mass is 14.9. The molecule has 16 heavy (non-hydrogen) atoms. The maximum Gasteiger partial charge on any atom is 0.0541 e. The Morgan fingerprint density at radius 1 is 1.00 bits per heavy atom. The summed E-state index contributed by atoms with van der Waals surface area (Å²) in [5.41, 5.74) is 3.30. The second-order valence-corrected chi connectivity index (χ2v) is 3.75. The van der Waals surface area contributed by atoms with Gasteiger partial charge in [-0.1, -0.05) is 12.1 Å². The molecule has 0 atom stereocenters. The zero-order chi connectivity index (χ0) is 11.2. The molecule has 0 fully saturated rings. The Hall–Kier alpha value is -1.74. The number of rotatable bonds is 4. The second-order valence-electron chi connectivity index (χ2n) is 3.75. The quantitative estimate of drug-likeness (QED) is 0.845. The highest BCUT2D eigenvalue weighted by molar-refractivity contribution is 5.12. The van der Waals surface area contributed by atoms with Crippen molar-refractivity contribution >= 4 is 0 Å². The van der Waals surface area contributed by atoms with Crippen molar-refractivity contribution in [1.82, 2.24) is 15.3 Å². The monoisotopic (exact) mass is 213 g/mol. The molecule has 2 aromatic heterocycles. The Kier molecular flexibility index (Phi) is 3.62. The molecule has 2 heterocycles. The van der Waals surface area contributed by atoms with Crippen molar-refractivity contribution in [2.45, 2.75) is 20.0 Å². The van der Waals surface area contributed by atoms with E-state index in [2.05, 4.69) is 21.4 Å². The van der Waals surface area contributed by atoms with Crippen molar-refractivity contribution in [3.8, 4) is 0 Å². The second kappa shape index (κ2) is 5.37. The molecule has 3 heteroatoms. The Morgan fingerprint density at radius 3 is 2.44 bits per heavy atom. The molecule has 1 N–H and O–H groups in total. The maximum absolute atomic E-state index is 4.33. The molecule has 0 saturated heterocycles. The van der Waals surface area contributed by atoms with Crippen LogP contribution in [0.25, 0.3) is 0 Å². The first-order chi connectivity index (χ1) is 7.84. The fourth-order valence-corrected chi connectivity index (χ4v) is 1.42. The first kappa shape index (κ1) is 10.8. The van der Waals surface area contributed by atoms with Gasteiger partial charge in [-0.15, -0.1) is 0 Å². The largest absolute Gasteiger partial charge is 0.306 e. The van der Waals surface area contributed by atoms with Crippen molar-refractivity contribution in [2.24, 2.45) is 0 Å². The van der Waals surface area contributed by atoms with Crippen LogP contribution in [0.3, 0.4) is 0 Å². The van der Waals surface area contributed by atoms with E-state index >= 15 is 0 Å². The first-order valence-corrected chi connectivity index (χ1v) is 5.37. The highest BCUT2D eigenvalue weighted by Gasteiger charge is 1.95. The fraction of sp³-hybridized carbons (Fsp3) is 0.231. The fourth-order valence-electron chi connectivity index (χ4n) is 1.42. The number of nitrogens with one attached hydrogen (secondary N) is 1. The number of hydrogen-bond donors (Lipinski definition) is 1. The molecule has 3 nitrogen and oxygen atoms in total. The summed E-state index contributed by atoms with van der Waals surface area (Å²) in [6.07, 6.45) is 3.69. The lowest BCUT2D eigenvalue weighted by Crippen LogP contribution is -2.14. The van der Waals surface area contributed by atoms with E-state index in [1.807, 2.05) is 37.4 Å². The average molecular weight is 213 g/mol. The van der Waals surface area contributed by atoms with Crippen LogP contribution in [0.4, 0.5) is 0 Å². The Balaban J connectivity index is 1.82. The first-order valence-electron chi connectivity index (χ1n) is 5.37. The summed E-state index contributed by atoms with van der Waals surface area (Å²) in [6, 6.07) is 10.0. The van der Waals surface area contributed by atoms with Gasteiger partial charge in [0.2, 0.25) is 0 Å². The van der Waals surface area contributed by atoms with E-state index in [0.29, 0.717) is 0 Å². The van der Waals surface area contributed by atoms with Gasteiger partial charge in [-0.2, -0.15) is 0 Å². The minimum atomic E-state index is 0.774. The van der Waals surface area contributed by atoms with Gasteiger partial charge in [-0.3, -0.25) is 9.97 Å². The van der Waals surface area contributed by atoms with Gasteiger partial charge in [0.05, 0.1) is 11.4 Å². The molecule has 0 aliphatic rings. The van der Waals surface area contributed by atoms with E-state index in [0.717, 1.165) is 24.5 Å². The highest BCUT2D eigenvalue weighted by Crippen LogP contribution is 1.99. The lowest BCUT2D eigenvalue weighted by molar-refractivity contribution is 0.667. The molecule has 0 bridgehead atoms. The molecular weight excluding hydrogens is 198 g/mol. The predicted molar refractivity (Wildman–Crippen MR) is 63.8 cm³/mol. The van der Waals surface area contributed by atoms with Crippen LogP contribution in [0.1, 0.15) is 17.0 Å². The maximum atomic E-state index is 4.33. The molecule has 0 aromatic carbocycles. The minimum absolute atomic E-state index is 0.774. The Bertz CT molecular complexity index is 423. The van der Waals surface area contributed by atoms with E-state index in [9.17, 15) is 0 Å². The summed E-state index contributed by atoms with van der Waals surface area (Å²) < 4.78 is 0. The average Bonchev–Trinajstić information content (AvgIpc) is 2.33. The van der Waals surface area contributed by atoms with E-state index < -0.39 is 0 Å². The molecule has 82 valence electrons. The van der Waals surface area contributed by atoms with Gasteiger partial charge in [-0.25, -0.2) is 0 Å². The van der Waals surface area contributed by atoms with Crippen molar-refractivity contribution in [3.63, 3.8) is 0 Å². The third-order valence-electron chi connectivity index (χ3n) is 2.31. The van der Waals surface area contributed by atoms with Crippen LogP contribution in [0.15, 0.2) is 42.7 Å². The molecule has 0 saturated carbocycles. The third-order valence-corrected chi connectivity index (χ3v) is 2.31. The van der Waals surface area contributed by atoms with Crippen LogP contribution in [0.5, 0.6) is 0 Å². The zero-order valence-corrected chi connectivity index (χ0v) is 9.35.